The van der Waals surface area contributed by atoms with Crippen LogP contribution in [0.1, 0.15) is 0 Å². The van der Waals surface area contributed by atoms with Crippen molar-refractivity contribution < 1.29 is 20.1 Å². The fourth-order valence-corrected chi connectivity index (χ4v) is 1.64. The Labute approximate surface area is 69.2 Å². The van der Waals surface area contributed by atoms with E-state index >= 15 is 0 Å². The van der Waals surface area contributed by atoms with Crippen molar-refractivity contribution in [2.45, 2.75) is 24.6 Å². The molecule has 0 aromatic rings. The summed E-state index contributed by atoms with van der Waals surface area (Å²) in [7, 11) is 0. The second kappa shape index (κ2) is 3.73. The van der Waals surface area contributed by atoms with Gasteiger partial charge >= 0.3 is 0 Å². The predicted molar refractivity (Wildman–Crippen MR) is 41.3 cm³/mol. The lowest BCUT2D eigenvalue weighted by atomic mass is 10.2. The van der Waals surface area contributed by atoms with Crippen LogP contribution in [0.5, 0.6) is 0 Å². The van der Waals surface area contributed by atoms with Gasteiger partial charge in [0.2, 0.25) is 0 Å². The molecule has 1 aliphatic heterocycles. The van der Waals surface area contributed by atoms with E-state index in [-0.39, 0.29) is 0 Å². The maximum Gasteiger partial charge on any atom is 0.183 e. The van der Waals surface area contributed by atoms with Gasteiger partial charge in [0.25, 0.3) is 0 Å². The minimum atomic E-state index is -1.23. The van der Waals surface area contributed by atoms with Crippen LogP contribution in [-0.4, -0.2) is 51.9 Å². The smallest absolute Gasteiger partial charge is 0.183 e. The molecule has 1 heterocycles. The van der Waals surface area contributed by atoms with Crippen molar-refractivity contribution >= 4 is 11.8 Å². The summed E-state index contributed by atoms with van der Waals surface area (Å²) in [5, 5.41) is 27.2. The van der Waals surface area contributed by atoms with E-state index < -0.39 is 24.6 Å². The summed E-state index contributed by atoms with van der Waals surface area (Å²) >= 11 is 1.50. The third-order valence-corrected chi connectivity index (χ3v) is 2.33. The van der Waals surface area contributed by atoms with Gasteiger partial charge in [-0.2, -0.15) is 11.8 Å². The van der Waals surface area contributed by atoms with E-state index in [0.29, 0.717) is 5.75 Å². The molecular weight excluding hydrogens is 168 g/mol. The van der Waals surface area contributed by atoms with Gasteiger partial charge in [0.15, 0.2) is 6.29 Å². The quantitative estimate of drug-likeness (QED) is 0.497. The molecule has 2 unspecified atom stereocenters. The first-order valence-corrected chi connectivity index (χ1v) is 4.75. The normalized spacial score (nSPS) is 44.7. The average molecular weight is 180 g/mol. The lowest BCUT2D eigenvalue weighted by Crippen LogP contribution is -2.33. The van der Waals surface area contributed by atoms with Crippen LogP contribution in [0, 0.1) is 0 Å². The summed E-state index contributed by atoms with van der Waals surface area (Å²) in [6, 6.07) is 0. The molecule has 4 atom stereocenters. The van der Waals surface area contributed by atoms with E-state index in [2.05, 4.69) is 0 Å². The van der Waals surface area contributed by atoms with Crippen molar-refractivity contribution in [3.63, 3.8) is 0 Å². The van der Waals surface area contributed by atoms with Gasteiger partial charge in [-0.1, -0.05) is 0 Å². The van der Waals surface area contributed by atoms with Crippen molar-refractivity contribution in [1.29, 1.82) is 0 Å². The second-order valence-corrected chi connectivity index (χ2v) is 3.41. The van der Waals surface area contributed by atoms with Crippen LogP contribution >= 0.6 is 11.8 Å². The van der Waals surface area contributed by atoms with Crippen LogP contribution in [0.4, 0.5) is 0 Å². The van der Waals surface area contributed by atoms with Crippen LogP contribution in [0.3, 0.4) is 0 Å². The Bertz CT molecular complexity index is 132. The van der Waals surface area contributed by atoms with Crippen LogP contribution < -0.4 is 0 Å². The molecule has 0 amide bonds. The lowest BCUT2D eigenvalue weighted by molar-refractivity contribution is -0.123. The summed E-state index contributed by atoms with van der Waals surface area (Å²) in [4.78, 5) is 0. The van der Waals surface area contributed by atoms with Gasteiger partial charge < -0.3 is 20.1 Å². The summed E-state index contributed by atoms with van der Waals surface area (Å²) in [5.74, 6) is 0.579. The number of aliphatic hydroxyl groups excluding tert-OH is 3. The minimum absolute atomic E-state index is 0.449. The fourth-order valence-electron chi connectivity index (χ4n) is 1.03. The zero-order chi connectivity index (χ0) is 8.43. The molecule has 3 N–H and O–H groups in total. The molecule has 0 spiro atoms. The van der Waals surface area contributed by atoms with Crippen molar-refractivity contribution in [2.24, 2.45) is 0 Å². The van der Waals surface area contributed by atoms with Crippen LogP contribution in [0.15, 0.2) is 0 Å². The van der Waals surface area contributed by atoms with E-state index in [1.807, 2.05) is 6.26 Å². The number of rotatable bonds is 2. The monoisotopic (exact) mass is 180 g/mol. The summed E-state index contributed by atoms with van der Waals surface area (Å²) in [6.45, 7) is 0. The highest BCUT2D eigenvalue weighted by Gasteiger charge is 2.41. The van der Waals surface area contributed by atoms with Gasteiger partial charge in [-0.25, -0.2) is 0 Å². The molecule has 0 aliphatic carbocycles. The zero-order valence-corrected chi connectivity index (χ0v) is 6.99. The molecule has 0 aromatic heterocycles. The number of thioether (sulfide) groups is 1. The number of aliphatic hydroxyl groups is 3. The van der Waals surface area contributed by atoms with Gasteiger partial charge in [0.05, 0.1) is 6.10 Å². The number of hydrogen-bond donors (Lipinski definition) is 3. The molecule has 1 rings (SSSR count). The SMILES string of the molecule is CSC[C@@H]1O[C@@H](O)C(O)C1O. The van der Waals surface area contributed by atoms with E-state index in [1.165, 1.54) is 11.8 Å². The molecule has 5 heteroatoms. The van der Waals surface area contributed by atoms with Crippen molar-refractivity contribution in [2.75, 3.05) is 12.0 Å². The standard InChI is InChI=1S/C6H12O4S/c1-11-2-3-4(7)5(8)6(9)10-3/h3-9H,2H2,1H3/t3-,4?,5?,6+/m0/s1. The van der Waals surface area contributed by atoms with E-state index in [1.54, 1.807) is 0 Å². The fraction of sp³-hybridized carbons (Fsp3) is 1.00. The third kappa shape index (κ3) is 1.86. The largest absolute Gasteiger partial charge is 0.387 e. The first kappa shape index (κ1) is 9.28. The Hall–Kier alpha value is 0.190. The molecular formula is C6H12O4S. The Morgan fingerprint density at radius 2 is 1.91 bits per heavy atom. The zero-order valence-electron chi connectivity index (χ0n) is 6.17. The lowest BCUT2D eigenvalue weighted by Gasteiger charge is -2.11. The highest BCUT2D eigenvalue weighted by Crippen LogP contribution is 2.21. The van der Waals surface area contributed by atoms with Crippen LogP contribution in [0.2, 0.25) is 0 Å². The Balaban J connectivity index is 2.45. The van der Waals surface area contributed by atoms with Gasteiger partial charge in [-0.15, -0.1) is 0 Å². The van der Waals surface area contributed by atoms with Crippen LogP contribution in [-0.2, 0) is 4.74 Å². The van der Waals surface area contributed by atoms with Crippen molar-refractivity contribution in [3.8, 4) is 0 Å². The van der Waals surface area contributed by atoms with Gasteiger partial charge in [0, 0.05) is 5.75 Å². The molecule has 4 nitrogen and oxygen atoms in total. The summed E-state index contributed by atoms with van der Waals surface area (Å²) in [6.07, 6.45) is -1.94. The Morgan fingerprint density at radius 1 is 1.27 bits per heavy atom. The molecule has 66 valence electrons. The highest BCUT2D eigenvalue weighted by atomic mass is 32.2. The highest BCUT2D eigenvalue weighted by molar-refractivity contribution is 7.98. The van der Waals surface area contributed by atoms with Gasteiger partial charge in [0.1, 0.15) is 12.2 Å². The van der Waals surface area contributed by atoms with Gasteiger partial charge in [-0.05, 0) is 6.26 Å². The predicted octanol–water partition coefficient (Wildman–Crippen LogP) is -1.21. The number of hydrogen-bond acceptors (Lipinski definition) is 5. The molecule has 0 aromatic carbocycles. The van der Waals surface area contributed by atoms with E-state index in [9.17, 15) is 5.11 Å². The minimum Gasteiger partial charge on any atom is -0.387 e. The topological polar surface area (TPSA) is 69.9 Å². The van der Waals surface area contributed by atoms with E-state index in [4.69, 9.17) is 14.9 Å². The first-order valence-electron chi connectivity index (χ1n) is 3.35. The summed E-state index contributed by atoms with van der Waals surface area (Å²) < 4.78 is 4.86. The van der Waals surface area contributed by atoms with Crippen molar-refractivity contribution in [3.05, 3.63) is 0 Å². The Kier molecular flexibility index (Phi) is 3.15. The molecule has 1 saturated heterocycles. The average Bonchev–Trinajstić information content (AvgIpc) is 2.19. The van der Waals surface area contributed by atoms with E-state index in [0.717, 1.165) is 0 Å². The molecule has 0 saturated carbocycles. The van der Waals surface area contributed by atoms with Gasteiger partial charge in [-0.3, -0.25) is 0 Å². The van der Waals surface area contributed by atoms with Crippen LogP contribution in [0.25, 0.3) is 0 Å². The second-order valence-electron chi connectivity index (χ2n) is 2.50. The molecule has 0 bridgehead atoms. The molecule has 11 heavy (non-hydrogen) atoms. The Morgan fingerprint density at radius 3 is 2.27 bits per heavy atom. The maximum atomic E-state index is 9.21. The summed E-state index contributed by atoms with van der Waals surface area (Å²) in [5.41, 5.74) is 0. The first-order chi connectivity index (χ1) is 5.16. The number of ether oxygens (including phenoxy) is 1. The maximum absolute atomic E-state index is 9.21. The molecule has 0 radical (unpaired) electrons. The molecule has 1 fully saturated rings. The third-order valence-electron chi connectivity index (χ3n) is 1.67. The van der Waals surface area contributed by atoms with Crippen molar-refractivity contribution in [1.82, 2.24) is 0 Å². The molecule has 1 aliphatic rings.